The number of hydrogen-bond donors (Lipinski definition) is 0. The van der Waals surface area contributed by atoms with Crippen LogP contribution in [-0.2, 0) is 0 Å². The zero-order chi connectivity index (χ0) is 15.1. The molecule has 108 valence electrons. The van der Waals surface area contributed by atoms with Crippen LogP contribution in [0, 0.1) is 11.6 Å². The highest BCUT2D eigenvalue weighted by molar-refractivity contribution is 7.16. The molecule has 0 fully saturated rings. The van der Waals surface area contributed by atoms with Gasteiger partial charge in [-0.3, -0.25) is 0 Å². The molecule has 0 aliphatic carbocycles. The van der Waals surface area contributed by atoms with Gasteiger partial charge in [0.1, 0.15) is 12.0 Å². The first-order chi connectivity index (χ1) is 10.8. The van der Waals surface area contributed by atoms with Gasteiger partial charge in [-0.2, -0.15) is 5.10 Å². The highest BCUT2D eigenvalue weighted by atomic mass is 32.1. The number of halogens is 2. The molecule has 22 heavy (non-hydrogen) atoms. The Bertz CT molecular complexity index is 956. The molecule has 0 unspecified atom stereocenters. The Balaban J connectivity index is 2.00. The summed E-state index contributed by atoms with van der Waals surface area (Å²) < 4.78 is 30.2. The van der Waals surface area contributed by atoms with Crippen molar-refractivity contribution in [1.82, 2.24) is 19.7 Å². The standard InChI is InChI=1S/C15H8F2N4S/c16-10-4-2-5-11(17)14(10)21-15(18-7-20-21)9-3-1-6-12-13(9)19-8-22-12/h1-8H. The molecule has 2 heterocycles. The Labute approximate surface area is 127 Å². The van der Waals surface area contributed by atoms with Gasteiger partial charge in [0.2, 0.25) is 0 Å². The van der Waals surface area contributed by atoms with Crippen molar-refractivity contribution >= 4 is 21.6 Å². The summed E-state index contributed by atoms with van der Waals surface area (Å²) in [5.41, 5.74) is 2.89. The summed E-state index contributed by atoms with van der Waals surface area (Å²) >= 11 is 1.49. The molecule has 4 nitrogen and oxygen atoms in total. The third-order valence-corrected chi connectivity index (χ3v) is 4.09. The topological polar surface area (TPSA) is 43.6 Å². The maximum atomic E-state index is 14.0. The zero-order valence-corrected chi connectivity index (χ0v) is 11.9. The Kier molecular flexibility index (Phi) is 2.93. The summed E-state index contributed by atoms with van der Waals surface area (Å²) in [6.45, 7) is 0. The lowest BCUT2D eigenvalue weighted by atomic mass is 10.2. The van der Waals surface area contributed by atoms with Gasteiger partial charge < -0.3 is 0 Å². The van der Waals surface area contributed by atoms with Crippen LogP contribution in [0.25, 0.3) is 27.3 Å². The van der Waals surface area contributed by atoms with Crippen molar-refractivity contribution in [2.45, 2.75) is 0 Å². The summed E-state index contributed by atoms with van der Waals surface area (Å²) in [6.07, 6.45) is 1.27. The van der Waals surface area contributed by atoms with Gasteiger partial charge in [-0.05, 0) is 24.3 Å². The Morgan fingerprint density at radius 3 is 2.55 bits per heavy atom. The van der Waals surface area contributed by atoms with Crippen molar-refractivity contribution < 1.29 is 8.78 Å². The average molecular weight is 314 g/mol. The molecule has 0 N–H and O–H groups in total. The van der Waals surface area contributed by atoms with Crippen molar-refractivity contribution in [2.24, 2.45) is 0 Å². The summed E-state index contributed by atoms with van der Waals surface area (Å²) in [5, 5.41) is 3.98. The molecule has 4 rings (SSSR count). The molecule has 0 aliphatic heterocycles. The fraction of sp³-hybridized carbons (Fsp3) is 0. The number of para-hydroxylation sites is 2. The van der Waals surface area contributed by atoms with E-state index in [4.69, 9.17) is 0 Å². The first-order valence-electron chi connectivity index (χ1n) is 6.42. The molecule has 2 aromatic carbocycles. The lowest BCUT2D eigenvalue weighted by molar-refractivity contribution is 0.561. The molecular formula is C15H8F2N4S. The second-order valence-corrected chi connectivity index (χ2v) is 5.46. The number of rotatable bonds is 2. The SMILES string of the molecule is Fc1cccc(F)c1-n1ncnc1-c1cccc2scnc12. The molecule has 0 aliphatic rings. The van der Waals surface area contributed by atoms with E-state index in [1.807, 2.05) is 12.1 Å². The van der Waals surface area contributed by atoms with Crippen molar-refractivity contribution in [3.05, 3.63) is 59.9 Å². The highest BCUT2D eigenvalue weighted by Gasteiger charge is 2.18. The summed E-state index contributed by atoms with van der Waals surface area (Å²) in [4.78, 5) is 8.46. The van der Waals surface area contributed by atoms with Gasteiger partial charge in [0, 0.05) is 5.56 Å². The van der Waals surface area contributed by atoms with E-state index in [1.165, 1.54) is 40.5 Å². The molecular weight excluding hydrogens is 306 g/mol. The van der Waals surface area contributed by atoms with E-state index in [0.717, 1.165) is 10.2 Å². The van der Waals surface area contributed by atoms with Gasteiger partial charge in [0.15, 0.2) is 17.5 Å². The summed E-state index contributed by atoms with van der Waals surface area (Å²) in [6, 6.07) is 9.28. The molecule has 0 spiro atoms. The van der Waals surface area contributed by atoms with Gasteiger partial charge in [-0.1, -0.05) is 12.1 Å². The van der Waals surface area contributed by atoms with E-state index in [0.29, 0.717) is 11.4 Å². The van der Waals surface area contributed by atoms with Gasteiger partial charge in [0.25, 0.3) is 0 Å². The number of nitrogens with zero attached hydrogens (tertiary/aromatic N) is 4. The van der Waals surface area contributed by atoms with Crippen LogP contribution in [0.3, 0.4) is 0 Å². The van der Waals surface area contributed by atoms with Gasteiger partial charge in [0.05, 0.1) is 15.7 Å². The first kappa shape index (κ1) is 13.0. The number of aromatic nitrogens is 4. The first-order valence-corrected chi connectivity index (χ1v) is 7.30. The minimum absolute atomic E-state index is 0.248. The van der Waals surface area contributed by atoms with Crippen molar-refractivity contribution in [2.75, 3.05) is 0 Å². The monoisotopic (exact) mass is 314 g/mol. The molecule has 7 heteroatoms. The molecule has 0 saturated carbocycles. The van der Waals surface area contributed by atoms with E-state index in [-0.39, 0.29) is 5.69 Å². The smallest absolute Gasteiger partial charge is 0.165 e. The van der Waals surface area contributed by atoms with Gasteiger partial charge >= 0.3 is 0 Å². The van der Waals surface area contributed by atoms with E-state index >= 15 is 0 Å². The van der Waals surface area contributed by atoms with E-state index in [2.05, 4.69) is 15.1 Å². The van der Waals surface area contributed by atoms with E-state index in [1.54, 1.807) is 11.6 Å². The van der Waals surface area contributed by atoms with E-state index in [9.17, 15) is 8.78 Å². The Morgan fingerprint density at radius 2 is 1.73 bits per heavy atom. The van der Waals surface area contributed by atoms with Crippen LogP contribution >= 0.6 is 11.3 Å². The number of thiazole rings is 1. The molecule has 0 radical (unpaired) electrons. The second-order valence-electron chi connectivity index (χ2n) is 4.57. The van der Waals surface area contributed by atoms with E-state index < -0.39 is 11.6 Å². The third-order valence-electron chi connectivity index (χ3n) is 3.30. The minimum Gasteiger partial charge on any atom is -0.244 e. The number of fused-ring (bicyclic) bond motifs is 1. The van der Waals surface area contributed by atoms with Crippen molar-refractivity contribution in [3.63, 3.8) is 0 Å². The Hall–Kier alpha value is -2.67. The minimum atomic E-state index is -0.697. The van der Waals surface area contributed by atoms with Gasteiger partial charge in [-0.25, -0.2) is 23.4 Å². The largest absolute Gasteiger partial charge is 0.244 e. The zero-order valence-electron chi connectivity index (χ0n) is 11.1. The molecule has 0 amide bonds. The summed E-state index contributed by atoms with van der Waals surface area (Å²) in [5.74, 6) is -1.05. The van der Waals surface area contributed by atoms with Crippen molar-refractivity contribution in [3.8, 4) is 17.1 Å². The lowest BCUT2D eigenvalue weighted by Crippen LogP contribution is -2.05. The van der Waals surface area contributed by atoms with Crippen LogP contribution in [0.4, 0.5) is 8.78 Å². The third kappa shape index (κ3) is 1.90. The van der Waals surface area contributed by atoms with Crippen LogP contribution in [0.1, 0.15) is 0 Å². The van der Waals surface area contributed by atoms with Gasteiger partial charge in [-0.15, -0.1) is 11.3 Å². The maximum absolute atomic E-state index is 14.0. The Morgan fingerprint density at radius 1 is 0.955 bits per heavy atom. The quantitative estimate of drug-likeness (QED) is 0.565. The second kappa shape index (κ2) is 4.96. The molecule has 0 bridgehead atoms. The fourth-order valence-electron chi connectivity index (χ4n) is 2.35. The highest BCUT2D eigenvalue weighted by Crippen LogP contribution is 2.30. The maximum Gasteiger partial charge on any atom is 0.165 e. The molecule has 0 atom stereocenters. The number of hydrogen-bond acceptors (Lipinski definition) is 4. The summed E-state index contributed by atoms with van der Waals surface area (Å²) in [7, 11) is 0. The average Bonchev–Trinajstić information content (AvgIpc) is 3.15. The normalized spacial score (nSPS) is 11.2. The van der Waals surface area contributed by atoms with Crippen LogP contribution in [0.5, 0.6) is 0 Å². The molecule has 2 aromatic heterocycles. The van der Waals surface area contributed by atoms with Crippen LogP contribution in [-0.4, -0.2) is 19.7 Å². The predicted octanol–water partition coefficient (Wildman–Crippen LogP) is 3.82. The lowest BCUT2D eigenvalue weighted by Gasteiger charge is -2.08. The van der Waals surface area contributed by atoms with Crippen LogP contribution < -0.4 is 0 Å². The van der Waals surface area contributed by atoms with Crippen LogP contribution in [0.15, 0.2) is 48.2 Å². The fourth-order valence-corrected chi connectivity index (χ4v) is 3.05. The number of benzene rings is 2. The van der Waals surface area contributed by atoms with Crippen LogP contribution in [0.2, 0.25) is 0 Å². The van der Waals surface area contributed by atoms with Crippen molar-refractivity contribution in [1.29, 1.82) is 0 Å². The predicted molar refractivity (Wildman–Crippen MR) is 79.9 cm³/mol. The molecule has 4 aromatic rings. The molecule has 0 saturated heterocycles.